The van der Waals surface area contributed by atoms with Crippen LogP contribution in [0.15, 0.2) is 65.8 Å². The van der Waals surface area contributed by atoms with E-state index < -0.39 is 74.3 Å². The largest absolute Gasteiger partial charge is 0.444 e. The van der Waals surface area contributed by atoms with Gasteiger partial charge in [0.1, 0.15) is 35.0 Å². The maximum atomic E-state index is 14.4. The molecule has 53 heavy (non-hydrogen) atoms. The van der Waals surface area contributed by atoms with E-state index >= 15 is 0 Å². The number of carbonyl (C=O) groups excluding carboxylic acids is 4. The lowest BCUT2D eigenvalue weighted by molar-refractivity contribution is -0.141. The van der Waals surface area contributed by atoms with Gasteiger partial charge in [-0.15, -0.1) is 0 Å². The van der Waals surface area contributed by atoms with Crippen molar-refractivity contribution >= 4 is 39.5 Å². The molecule has 4 amide bonds. The van der Waals surface area contributed by atoms with Crippen LogP contribution < -0.4 is 15.4 Å². The smallest absolute Gasteiger partial charge is 0.408 e. The summed E-state index contributed by atoms with van der Waals surface area (Å²) in [7, 11) is -3.88. The second kappa shape index (κ2) is 14.3. The van der Waals surface area contributed by atoms with Crippen LogP contribution in [0.2, 0.25) is 0 Å². The molecular weight excluding hydrogens is 699 g/mol. The minimum Gasteiger partial charge on any atom is -0.444 e. The van der Waals surface area contributed by atoms with Crippen molar-refractivity contribution in [3.63, 3.8) is 0 Å². The standard InChI is InChI=1S/C39H47N5O8S/c1-38(2,3)51-37(48)40-31-18-8-6-4-5-7-13-24-22-39(24,36(47)43-53(49,50)26-19-20-26)41-34(45)32-21-25(23-44(32)35(31)46)52-42-33-29-16-11-9-14-27(29)28-15-10-12-17-30(28)33/h7,9-17,24-26,31-32H,4-6,8,18-23H2,1-3H3,(H,40,48)(H,41,45)(H,43,47)/b13-7-/t24-,25+,31+,32-,39-/m0/s1. The number of hydrogen-bond donors (Lipinski definition) is 3. The van der Waals surface area contributed by atoms with Crippen molar-refractivity contribution in [2.75, 3.05) is 6.54 Å². The molecule has 3 fully saturated rings. The second-order valence-electron chi connectivity index (χ2n) is 15.7. The molecule has 7 rings (SSSR count). The molecule has 5 atom stereocenters. The maximum Gasteiger partial charge on any atom is 0.408 e. The van der Waals surface area contributed by atoms with Crippen LogP contribution in [0, 0.1) is 5.92 Å². The van der Waals surface area contributed by atoms with Crippen molar-refractivity contribution in [3.8, 4) is 11.1 Å². The number of benzene rings is 2. The fourth-order valence-electron chi connectivity index (χ4n) is 7.51. The summed E-state index contributed by atoms with van der Waals surface area (Å²) in [6.07, 6.45) is 6.81. The first-order chi connectivity index (χ1) is 25.3. The van der Waals surface area contributed by atoms with Crippen molar-refractivity contribution in [1.82, 2.24) is 20.3 Å². The monoisotopic (exact) mass is 745 g/mol. The molecule has 3 N–H and O–H groups in total. The molecule has 2 aromatic carbocycles. The van der Waals surface area contributed by atoms with Crippen LogP contribution in [-0.2, 0) is 34.0 Å². The summed E-state index contributed by atoms with van der Waals surface area (Å²) in [4.78, 5) is 63.0. The third kappa shape index (κ3) is 7.83. The first-order valence-electron chi connectivity index (χ1n) is 18.5. The van der Waals surface area contributed by atoms with Gasteiger partial charge in [0, 0.05) is 23.5 Å². The Labute approximate surface area is 310 Å². The van der Waals surface area contributed by atoms with E-state index in [-0.39, 0.29) is 19.4 Å². The average molecular weight is 746 g/mol. The molecule has 0 unspecified atom stereocenters. The lowest BCUT2D eigenvalue weighted by Gasteiger charge is -2.30. The molecule has 3 aliphatic carbocycles. The Morgan fingerprint density at radius 2 is 1.60 bits per heavy atom. The number of rotatable bonds is 6. The van der Waals surface area contributed by atoms with Gasteiger partial charge in [-0.2, -0.15) is 0 Å². The molecule has 1 saturated heterocycles. The van der Waals surface area contributed by atoms with E-state index in [1.54, 1.807) is 20.8 Å². The van der Waals surface area contributed by atoms with Gasteiger partial charge in [0.15, 0.2) is 0 Å². The van der Waals surface area contributed by atoms with Crippen LogP contribution >= 0.6 is 0 Å². The fraction of sp³-hybridized carbons (Fsp3) is 0.513. The predicted molar refractivity (Wildman–Crippen MR) is 197 cm³/mol. The highest BCUT2D eigenvalue weighted by Gasteiger charge is 2.62. The van der Waals surface area contributed by atoms with Crippen LogP contribution in [0.25, 0.3) is 11.1 Å². The normalized spacial score (nSPS) is 27.8. The molecule has 0 aromatic heterocycles. The van der Waals surface area contributed by atoms with Crippen molar-refractivity contribution in [2.45, 2.75) is 113 Å². The van der Waals surface area contributed by atoms with Crippen molar-refractivity contribution in [1.29, 1.82) is 0 Å². The third-order valence-corrected chi connectivity index (χ3v) is 12.3. The Morgan fingerprint density at radius 3 is 2.25 bits per heavy atom. The third-order valence-electron chi connectivity index (χ3n) is 10.5. The van der Waals surface area contributed by atoms with Gasteiger partial charge in [0.05, 0.1) is 11.8 Å². The predicted octanol–water partition coefficient (Wildman–Crippen LogP) is 4.30. The minimum atomic E-state index is -3.88. The van der Waals surface area contributed by atoms with Crippen molar-refractivity contribution in [3.05, 3.63) is 71.8 Å². The Kier molecular flexibility index (Phi) is 9.85. The second-order valence-corrected chi connectivity index (χ2v) is 17.7. The van der Waals surface area contributed by atoms with Crippen LogP contribution in [0.3, 0.4) is 0 Å². The highest BCUT2D eigenvalue weighted by Crippen LogP contribution is 2.46. The van der Waals surface area contributed by atoms with Gasteiger partial charge >= 0.3 is 6.09 Å². The van der Waals surface area contributed by atoms with Crippen LogP contribution in [0.5, 0.6) is 0 Å². The number of nitrogens with zero attached hydrogens (tertiary/aromatic N) is 2. The van der Waals surface area contributed by atoms with E-state index in [1.807, 2.05) is 60.7 Å². The summed E-state index contributed by atoms with van der Waals surface area (Å²) in [5.41, 5.74) is 2.20. The number of fused-ring (bicyclic) bond motifs is 5. The van der Waals surface area contributed by atoms with E-state index in [9.17, 15) is 27.6 Å². The zero-order chi connectivity index (χ0) is 37.5. The summed E-state index contributed by atoms with van der Waals surface area (Å²) in [5.74, 6) is -2.30. The topological polar surface area (TPSA) is 173 Å². The van der Waals surface area contributed by atoms with Gasteiger partial charge in [0.2, 0.25) is 21.8 Å². The molecule has 2 heterocycles. The molecule has 2 saturated carbocycles. The van der Waals surface area contributed by atoms with Crippen molar-refractivity contribution in [2.24, 2.45) is 11.1 Å². The number of hydrogen-bond acceptors (Lipinski definition) is 9. The van der Waals surface area contributed by atoms with Gasteiger partial charge < -0.3 is 25.1 Å². The maximum absolute atomic E-state index is 14.4. The van der Waals surface area contributed by atoms with Gasteiger partial charge in [-0.25, -0.2) is 13.2 Å². The summed E-state index contributed by atoms with van der Waals surface area (Å²) in [6.45, 7) is 5.19. The number of alkyl carbamates (subject to hydrolysis) is 1. The zero-order valence-corrected chi connectivity index (χ0v) is 31.1. The number of amides is 4. The first-order valence-corrected chi connectivity index (χ1v) is 20.1. The van der Waals surface area contributed by atoms with Crippen molar-refractivity contribution < 1.29 is 37.2 Å². The Morgan fingerprint density at radius 1 is 0.943 bits per heavy atom. The van der Waals surface area contributed by atoms with E-state index in [1.165, 1.54) is 4.90 Å². The molecular formula is C39H47N5O8S. The lowest BCUT2D eigenvalue weighted by atomic mass is 10.0. The van der Waals surface area contributed by atoms with Gasteiger partial charge in [-0.3, -0.25) is 19.1 Å². The summed E-state index contributed by atoms with van der Waals surface area (Å²) < 4.78 is 33.3. The molecule has 2 aromatic rings. The molecule has 0 radical (unpaired) electrons. The van der Waals surface area contributed by atoms with Crippen LogP contribution in [0.4, 0.5) is 4.79 Å². The average Bonchev–Trinajstić information content (AvgIpc) is 4.01. The van der Waals surface area contributed by atoms with Gasteiger partial charge in [0.25, 0.3) is 5.91 Å². The molecule has 0 bridgehead atoms. The number of allylic oxidation sites excluding steroid dienone is 1. The highest BCUT2D eigenvalue weighted by atomic mass is 32.2. The number of nitrogens with one attached hydrogen (secondary N) is 3. The Balaban J connectivity index is 1.18. The van der Waals surface area contributed by atoms with Gasteiger partial charge in [-0.05, 0) is 70.4 Å². The minimum absolute atomic E-state index is 0.0118. The van der Waals surface area contributed by atoms with E-state index in [4.69, 9.17) is 9.57 Å². The Bertz CT molecular complexity index is 1920. The number of sulfonamides is 1. The van der Waals surface area contributed by atoms with E-state index in [2.05, 4.69) is 20.5 Å². The highest BCUT2D eigenvalue weighted by molar-refractivity contribution is 7.91. The Hall–Kier alpha value is -4.72. The van der Waals surface area contributed by atoms with E-state index in [0.717, 1.165) is 35.1 Å². The van der Waals surface area contributed by atoms with Crippen LogP contribution in [-0.4, -0.2) is 84.0 Å². The lowest BCUT2D eigenvalue weighted by Crippen LogP contribution is -2.58. The number of carbonyl (C=O) groups is 4. The zero-order valence-electron chi connectivity index (χ0n) is 30.3. The fourth-order valence-corrected chi connectivity index (χ4v) is 8.87. The van der Waals surface area contributed by atoms with Crippen LogP contribution in [0.1, 0.15) is 89.7 Å². The molecule has 0 spiro atoms. The number of ether oxygens (including phenoxy) is 1. The number of oxime groups is 1. The molecule has 13 nitrogen and oxygen atoms in total. The first kappa shape index (κ1) is 36.6. The quantitative estimate of drug-likeness (QED) is 0.248. The molecule has 2 aliphatic heterocycles. The molecule has 282 valence electrons. The molecule has 14 heteroatoms. The SMILES string of the molecule is CC(C)(C)OC(=O)N[C@@H]1CCCCC/C=C\[C@H]2C[C@]2(C(=O)NS(=O)(=O)C2CC2)NC(=O)[C@@H]2C[C@@H](ON=C3c4ccccc4-c4ccccc43)CN2C1=O. The summed E-state index contributed by atoms with van der Waals surface area (Å²) >= 11 is 0. The molecule has 5 aliphatic rings. The summed E-state index contributed by atoms with van der Waals surface area (Å²) in [5, 5.41) is 9.60. The van der Waals surface area contributed by atoms with E-state index in [0.29, 0.717) is 37.8 Å². The van der Waals surface area contributed by atoms with Gasteiger partial charge in [-0.1, -0.05) is 78.7 Å². The summed E-state index contributed by atoms with van der Waals surface area (Å²) in [6, 6.07) is 13.7.